The zero-order valence-electron chi connectivity index (χ0n) is 20.4. The lowest BCUT2D eigenvalue weighted by atomic mass is 10.1. The zero-order valence-corrected chi connectivity index (χ0v) is 21.1. The van der Waals surface area contributed by atoms with Crippen LogP contribution in [0.3, 0.4) is 0 Å². The van der Waals surface area contributed by atoms with Crippen molar-refractivity contribution in [1.29, 1.82) is 0 Å². The summed E-state index contributed by atoms with van der Waals surface area (Å²) in [6.45, 7) is 4.04. The van der Waals surface area contributed by atoms with Crippen LogP contribution in [0.15, 0.2) is 55.0 Å². The Balaban J connectivity index is 1.08. The number of nitrogens with one attached hydrogen (secondary N) is 2. The average molecular weight is 532 g/mol. The number of aromatic nitrogens is 5. The van der Waals surface area contributed by atoms with Gasteiger partial charge >= 0.3 is 0 Å². The molecule has 7 rings (SSSR count). The quantitative estimate of drug-likeness (QED) is 0.338. The third kappa shape index (κ3) is 3.66. The van der Waals surface area contributed by atoms with Crippen LogP contribution in [0.4, 0.5) is 10.2 Å². The van der Waals surface area contributed by atoms with Gasteiger partial charge in [0.15, 0.2) is 5.65 Å². The third-order valence-electron chi connectivity index (χ3n) is 7.48. The van der Waals surface area contributed by atoms with Crippen LogP contribution in [0.1, 0.15) is 17.3 Å². The monoisotopic (exact) mass is 531 g/mol. The number of nitrogens with zero attached hydrogens (tertiary/aromatic N) is 5. The van der Waals surface area contributed by atoms with E-state index in [1.54, 1.807) is 6.20 Å². The molecule has 5 heterocycles. The first-order chi connectivity index (χ1) is 18.5. The van der Waals surface area contributed by atoms with E-state index in [9.17, 15) is 9.18 Å². The number of ether oxygens (including phenoxy) is 1. The fourth-order valence-corrected chi connectivity index (χ4v) is 5.85. The molecule has 2 fully saturated rings. The van der Waals surface area contributed by atoms with E-state index in [4.69, 9.17) is 21.3 Å². The fraction of sp³-hybridized carbons (Fsp3) is 0.259. The van der Waals surface area contributed by atoms with Crippen LogP contribution < -0.4 is 15.0 Å². The molecule has 1 amide bonds. The molecular weight excluding hydrogens is 509 g/mol. The minimum Gasteiger partial charge on any atom is -0.492 e. The molecule has 9 nitrogen and oxygen atoms in total. The van der Waals surface area contributed by atoms with Crippen LogP contribution in [0.5, 0.6) is 5.75 Å². The molecule has 0 radical (unpaired) electrons. The van der Waals surface area contributed by atoms with Gasteiger partial charge in [0.2, 0.25) is 0 Å². The molecule has 0 bridgehead atoms. The van der Waals surface area contributed by atoms with Crippen LogP contribution in [0.2, 0.25) is 5.02 Å². The van der Waals surface area contributed by atoms with Crippen molar-refractivity contribution in [2.75, 3.05) is 24.6 Å². The number of rotatable bonds is 6. The van der Waals surface area contributed by atoms with Crippen molar-refractivity contribution in [3.63, 3.8) is 0 Å². The number of halogens is 2. The molecule has 2 aliphatic rings. The van der Waals surface area contributed by atoms with Crippen molar-refractivity contribution in [3.05, 3.63) is 71.4 Å². The second kappa shape index (κ2) is 8.70. The van der Waals surface area contributed by atoms with Gasteiger partial charge in [-0.1, -0.05) is 17.7 Å². The Morgan fingerprint density at radius 1 is 1.24 bits per heavy atom. The molecule has 1 aromatic carbocycles. The van der Waals surface area contributed by atoms with E-state index < -0.39 is 11.7 Å². The number of benzene rings is 1. The maximum atomic E-state index is 14.1. The Morgan fingerprint density at radius 2 is 2.08 bits per heavy atom. The molecule has 1 saturated heterocycles. The van der Waals surface area contributed by atoms with Crippen molar-refractivity contribution in [1.82, 2.24) is 30.1 Å². The lowest BCUT2D eigenvalue weighted by molar-refractivity contribution is 0.0943. The van der Waals surface area contributed by atoms with Crippen molar-refractivity contribution in [2.24, 2.45) is 11.8 Å². The first-order valence-corrected chi connectivity index (χ1v) is 12.8. The van der Waals surface area contributed by atoms with E-state index in [0.29, 0.717) is 24.1 Å². The summed E-state index contributed by atoms with van der Waals surface area (Å²) in [7, 11) is 0. The molecule has 1 saturated carbocycles. The van der Waals surface area contributed by atoms with Gasteiger partial charge in [-0.3, -0.25) is 9.89 Å². The summed E-state index contributed by atoms with van der Waals surface area (Å²) in [5.41, 5.74) is 3.45. The van der Waals surface area contributed by atoms with E-state index in [1.807, 2.05) is 36.0 Å². The number of H-pyrrole nitrogens is 1. The average Bonchev–Trinajstić information content (AvgIpc) is 3.31. The number of hydrogen-bond donors (Lipinski definition) is 2. The van der Waals surface area contributed by atoms with Gasteiger partial charge in [0, 0.05) is 48.3 Å². The zero-order chi connectivity index (χ0) is 26.0. The van der Waals surface area contributed by atoms with Crippen LogP contribution in [0.25, 0.3) is 27.7 Å². The van der Waals surface area contributed by atoms with Crippen molar-refractivity contribution in [3.8, 4) is 16.9 Å². The number of fused-ring (bicyclic) bond motifs is 4. The Kier molecular flexibility index (Phi) is 5.26. The first kappa shape index (κ1) is 23.0. The van der Waals surface area contributed by atoms with Crippen LogP contribution in [0, 0.1) is 17.7 Å². The number of hydrogen-bond acceptors (Lipinski definition) is 6. The van der Waals surface area contributed by atoms with Gasteiger partial charge in [-0.15, -0.1) is 5.10 Å². The number of aromatic amines is 1. The van der Waals surface area contributed by atoms with Crippen molar-refractivity contribution in [2.45, 2.75) is 13.0 Å². The Morgan fingerprint density at radius 3 is 2.82 bits per heavy atom. The molecule has 1 aliphatic heterocycles. The van der Waals surface area contributed by atoms with E-state index in [0.717, 1.165) is 46.7 Å². The van der Waals surface area contributed by atoms with Gasteiger partial charge in [0.25, 0.3) is 5.91 Å². The van der Waals surface area contributed by atoms with E-state index in [2.05, 4.69) is 31.6 Å². The molecule has 0 spiro atoms. The van der Waals surface area contributed by atoms with Gasteiger partial charge in [0.05, 0.1) is 40.5 Å². The fourth-order valence-electron chi connectivity index (χ4n) is 5.60. The van der Waals surface area contributed by atoms with Gasteiger partial charge in [-0.25, -0.2) is 13.9 Å². The molecule has 5 aromatic rings. The minimum absolute atomic E-state index is 0.0162. The highest BCUT2D eigenvalue weighted by atomic mass is 35.5. The molecule has 2 N–H and O–H groups in total. The second-order valence-corrected chi connectivity index (χ2v) is 10.1. The Hall–Kier alpha value is -4.18. The van der Waals surface area contributed by atoms with E-state index >= 15 is 0 Å². The van der Waals surface area contributed by atoms with Gasteiger partial charge in [-0.05, 0) is 37.3 Å². The molecule has 11 heteroatoms. The summed E-state index contributed by atoms with van der Waals surface area (Å²) in [6.07, 6.45) is 5.50. The molecule has 1 aliphatic carbocycles. The summed E-state index contributed by atoms with van der Waals surface area (Å²) in [6, 6.07) is 10.3. The molecule has 38 heavy (non-hydrogen) atoms. The van der Waals surface area contributed by atoms with E-state index in [1.165, 1.54) is 18.2 Å². The highest BCUT2D eigenvalue weighted by Gasteiger charge is 2.56. The summed E-state index contributed by atoms with van der Waals surface area (Å²) in [4.78, 5) is 19.6. The summed E-state index contributed by atoms with van der Waals surface area (Å²) in [5.74, 6) is 1.13. The molecule has 3 atom stereocenters. The van der Waals surface area contributed by atoms with Crippen LogP contribution in [-0.2, 0) is 0 Å². The second-order valence-electron chi connectivity index (χ2n) is 9.68. The standard InChI is InChI=1S/C27H23ClFN7O2/c1-2-38-15-8-16(25-17-10-31-33-26(17)34-36(25)11-15)14-6-7-22(30-9-14)35-12-18-19(13-35)24(18)32-27(37)23-20(28)4-3-5-21(23)29/h3-11,18-19,24H,2,12-13H2,1H3,(H,32,37)(H,33,34)/t18-,19?,24-/m0/s1. The highest BCUT2D eigenvalue weighted by molar-refractivity contribution is 6.33. The van der Waals surface area contributed by atoms with E-state index in [-0.39, 0.29) is 16.6 Å². The number of anilines is 1. The van der Waals surface area contributed by atoms with Gasteiger partial charge in [-0.2, -0.15) is 5.10 Å². The number of pyridine rings is 2. The van der Waals surface area contributed by atoms with Gasteiger partial charge < -0.3 is 15.0 Å². The topological polar surface area (TPSA) is 100 Å². The SMILES string of the molecule is CCOc1cc(-c2ccc(N3CC4[C@@H](NC(=O)c5c(F)cccc5Cl)[C@H]4C3)nc2)c2c3cn[nH]c3nn2c1. The molecule has 4 aromatic heterocycles. The van der Waals surface area contributed by atoms with Crippen LogP contribution >= 0.6 is 11.6 Å². The summed E-state index contributed by atoms with van der Waals surface area (Å²) >= 11 is 6.05. The lowest BCUT2D eigenvalue weighted by Crippen LogP contribution is -2.35. The first-order valence-electron chi connectivity index (χ1n) is 12.5. The molecule has 192 valence electrons. The largest absolute Gasteiger partial charge is 0.492 e. The smallest absolute Gasteiger partial charge is 0.256 e. The normalized spacial score (nSPS) is 20.2. The van der Waals surface area contributed by atoms with Crippen molar-refractivity contribution < 1.29 is 13.9 Å². The number of carbonyl (C=O) groups excluding carboxylic acids is 1. The predicted octanol–water partition coefficient (Wildman–Crippen LogP) is 4.33. The van der Waals surface area contributed by atoms with Crippen molar-refractivity contribution >= 4 is 39.9 Å². The molecular formula is C27H23ClFN7O2. The third-order valence-corrected chi connectivity index (χ3v) is 7.79. The number of amides is 1. The van der Waals surface area contributed by atoms with Gasteiger partial charge in [0.1, 0.15) is 17.4 Å². The maximum absolute atomic E-state index is 14.1. The summed E-state index contributed by atoms with van der Waals surface area (Å²) in [5, 5.41) is 15.6. The van der Waals surface area contributed by atoms with Crippen LogP contribution in [-0.4, -0.2) is 56.4 Å². The lowest BCUT2D eigenvalue weighted by Gasteiger charge is -2.21. The molecule has 1 unspecified atom stereocenters. The summed E-state index contributed by atoms with van der Waals surface area (Å²) < 4.78 is 21.7. The number of carbonyl (C=O) groups is 1. The number of piperidine rings is 1. The Bertz CT molecular complexity index is 1670. The predicted molar refractivity (Wildman–Crippen MR) is 141 cm³/mol. The Labute approximate surface area is 221 Å². The highest BCUT2D eigenvalue weighted by Crippen LogP contribution is 2.47. The minimum atomic E-state index is -0.611. The maximum Gasteiger partial charge on any atom is 0.256 e.